The monoisotopic (exact) mass is 882 g/mol. The van der Waals surface area contributed by atoms with E-state index in [0.29, 0.717) is 0 Å². The summed E-state index contributed by atoms with van der Waals surface area (Å²) in [5.74, 6) is 0. The van der Waals surface area contributed by atoms with E-state index in [1.807, 2.05) is 0 Å². The van der Waals surface area contributed by atoms with Gasteiger partial charge in [-0.3, -0.25) is 0 Å². The maximum Gasteiger partial charge on any atom is -0.369 e. The molecule has 0 unspecified atom stereocenters. The molecule has 140 valence electrons. The predicted octanol–water partition coefficient (Wildman–Crippen LogP) is 9.77. The third-order valence-electron chi connectivity index (χ3n) is 0. The van der Waals surface area contributed by atoms with Crippen molar-refractivity contribution in [3.05, 3.63) is 0 Å². The average molecular weight is 888 g/mol. The normalized spacial score (nSPS) is 18.0. The second-order valence-electron chi connectivity index (χ2n) is 1.36. The first-order valence-corrected chi connectivity index (χ1v) is 35.2. The van der Waals surface area contributed by atoms with Crippen LogP contribution in [0.1, 0.15) is 0 Å². The Kier molecular flexibility index (Phi) is 16.4. The van der Waals surface area contributed by atoms with Gasteiger partial charge < -0.3 is 24.6 Å². The Labute approximate surface area is 149 Å². The van der Waals surface area contributed by atoms with Crippen molar-refractivity contribution >= 4 is 113 Å². The van der Waals surface area contributed by atoms with E-state index in [0.717, 1.165) is 0 Å². The number of rotatable bonds is 0. The van der Waals surface area contributed by atoms with E-state index in [2.05, 4.69) is 0 Å². The van der Waals surface area contributed by atoms with Crippen LogP contribution in [0, 0.1) is 0 Å². The van der Waals surface area contributed by atoms with Crippen molar-refractivity contribution in [2.45, 2.75) is 0 Å². The smallest absolute Gasteiger partial charge is 0.369 e. The minimum Gasteiger partial charge on any atom is -0.369 e. The summed E-state index contributed by atoms with van der Waals surface area (Å²) in [5, 5.41) is 0. The Hall–Kier alpha value is 4.70. The third-order valence-corrected chi connectivity index (χ3v) is 0. The van der Waals surface area contributed by atoms with Gasteiger partial charge in [0.2, 0.25) is 0 Å². The predicted molar refractivity (Wildman–Crippen MR) is 94.2 cm³/mol. The minimum atomic E-state index is -5.29. The molecule has 0 bridgehead atoms. The maximum absolute atomic E-state index is 5.29. The van der Waals surface area contributed by atoms with Crippen molar-refractivity contribution in [3.63, 3.8) is 0 Å². The molecule has 0 aliphatic heterocycles. The summed E-state index contributed by atoms with van der Waals surface area (Å²) in [6, 6.07) is 0. The Morgan fingerprint density at radius 2 is 0.278 bits per heavy atom. The molecule has 0 aromatic rings. The van der Waals surface area contributed by atoms with Crippen molar-refractivity contribution in [1.29, 1.82) is 0 Å². The molecular formula is H16Cl12N4Pt2. The molecule has 0 spiro atoms. The summed E-state index contributed by atoms with van der Waals surface area (Å²) in [6.45, 7) is 0. The Bertz CT molecular complexity index is 169. The van der Waals surface area contributed by atoms with Gasteiger partial charge in [-0.25, -0.2) is 0 Å². The zero-order chi connectivity index (χ0) is 12.8. The van der Waals surface area contributed by atoms with E-state index in [1.54, 1.807) is 0 Å². The fourth-order valence-electron chi connectivity index (χ4n) is 0. The molecule has 0 aliphatic carbocycles. The van der Waals surface area contributed by atoms with Crippen molar-refractivity contribution in [2.24, 2.45) is 0 Å². The van der Waals surface area contributed by atoms with Gasteiger partial charge in [-0.15, -0.1) is 0 Å². The van der Waals surface area contributed by atoms with Crippen LogP contribution in [0.3, 0.4) is 0 Å². The number of hydrogen-bond acceptors (Lipinski definition) is 0. The van der Waals surface area contributed by atoms with E-state index >= 15 is 0 Å². The zero-order valence-corrected chi connectivity index (χ0v) is 22.8. The van der Waals surface area contributed by atoms with E-state index in [9.17, 15) is 0 Å². The second-order valence-corrected chi connectivity index (χ2v) is 99.8. The number of quaternary nitrogens is 4. The quantitative estimate of drug-likeness (QED) is 0.184. The summed E-state index contributed by atoms with van der Waals surface area (Å²) in [7, 11) is 50.0. The van der Waals surface area contributed by atoms with Gasteiger partial charge in [0.05, 0.1) is 0 Å². The molecule has 0 heterocycles. The Balaban J connectivity index is -0.0000000327. The first-order chi connectivity index (χ1) is 4.90. The van der Waals surface area contributed by atoms with Crippen LogP contribution in [0.25, 0.3) is 0 Å². The molecule has 0 aliphatic rings. The molecule has 4 nitrogen and oxygen atoms in total. The second kappa shape index (κ2) is 7.72. The van der Waals surface area contributed by atoms with Gasteiger partial charge in [0, 0.05) is 0 Å². The first-order valence-electron chi connectivity index (χ1n) is 1.43. The molecule has 0 saturated heterocycles. The molecule has 18 heteroatoms. The fraction of sp³-hybridized carbons (Fsp3) is 0. The molecule has 0 rings (SSSR count). The molecule has 0 aromatic heterocycles. The fourth-order valence-corrected chi connectivity index (χ4v) is 0. The van der Waals surface area contributed by atoms with Crippen molar-refractivity contribution in [1.82, 2.24) is 24.6 Å². The zero-order valence-electron chi connectivity index (χ0n) is 9.17. The molecular weight excluding hydrogens is 872 g/mol. The van der Waals surface area contributed by atoms with Crippen LogP contribution in [0.5, 0.6) is 0 Å². The molecule has 0 aromatic carbocycles. The molecule has 16 N–H and O–H groups in total. The molecule has 0 saturated carbocycles. The first kappa shape index (κ1) is 38.3. The van der Waals surface area contributed by atoms with E-state index in [4.69, 9.17) is 113 Å². The summed E-state index contributed by atoms with van der Waals surface area (Å²) in [4.78, 5) is 0. The van der Waals surface area contributed by atoms with Gasteiger partial charge in [-0.1, -0.05) is 0 Å². The van der Waals surface area contributed by atoms with Gasteiger partial charge >= 0.3 is 128 Å². The molecule has 0 radical (unpaired) electrons. The Morgan fingerprint density at radius 1 is 0.278 bits per heavy atom. The van der Waals surface area contributed by atoms with E-state index in [1.165, 1.54) is 0 Å². The van der Waals surface area contributed by atoms with Crippen LogP contribution >= 0.6 is 113 Å². The molecule has 0 fully saturated rings. The molecule has 0 amide bonds. The van der Waals surface area contributed by atoms with Crippen molar-refractivity contribution in [3.8, 4) is 0 Å². The summed E-state index contributed by atoms with van der Waals surface area (Å²) < 4.78 is 0. The van der Waals surface area contributed by atoms with Gasteiger partial charge in [0.1, 0.15) is 0 Å². The SMILES string of the molecule is [Cl][Pt-2]([Cl])([Cl])([Cl])([Cl])[Cl].[Cl][Pt-2]([Cl])([Cl])([Cl])([Cl])[Cl].[NH4+].[NH4+].[NH4+].[NH4+]. The third kappa shape index (κ3) is 364. The number of hydrogen-bond donors (Lipinski definition) is 4. The summed E-state index contributed by atoms with van der Waals surface area (Å²) in [5.41, 5.74) is 0. The van der Waals surface area contributed by atoms with Gasteiger partial charge in [-0.2, -0.15) is 0 Å². The van der Waals surface area contributed by atoms with E-state index in [-0.39, 0.29) is 24.6 Å². The average Bonchev–Trinajstić information content (AvgIpc) is 0.938. The van der Waals surface area contributed by atoms with Gasteiger partial charge in [0.15, 0.2) is 0 Å². The summed E-state index contributed by atoms with van der Waals surface area (Å²) >= 11 is 0. The van der Waals surface area contributed by atoms with Crippen molar-refractivity contribution in [2.75, 3.05) is 0 Å². The van der Waals surface area contributed by atoms with Crippen LogP contribution in [0.2, 0.25) is 0 Å². The van der Waals surface area contributed by atoms with Crippen LogP contribution in [-0.4, -0.2) is 0 Å². The maximum atomic E-state index is 5.05. The molecule has 0 atom stereocenters. The summed E-state index contributed by atoms with van der Waals surface area (Å²) in [6.07, 6.45) is 0. The van der Waals surface area contributed by atoms with Crippen LogP contribution < -0.4 is 24.6 Å². The largest absolute Gasteiger partial charge is 0.369 e. The molecule has 18 heavy (non-hydrogen) atoms. The van der Waals surface area contributed by atoms with Crippen LogP contribution in [-0.2, 0) is 14.6 Å². The number of halogens is 12. The van der Waals surface area contributed by atoms with Crippen LogP contribution in [0.15, 0.2) is 0 Å². The Morgan fingerprint density at radius 3 is 0.278 bits per heavy atom. The minimum absolute atomic E-state index is 0. The standard InChI is InChI=1S/12ClH.4H3N.2Pt/h12*1H;4*1H3;;/q;;;;;;;;;;;;;;;;2*+4/p-8. The van der Waals surface area contributed by atoms with E-state index < -0.39 is 14.6 Å². The van der Waals surface area contributed by atoms with Crippen molar-refractivity contribution < 1.29 is 14.6 Å². The van der Waals surface area contributed by atoms with Crippen LogP contribution in [0.4, 0.5) is 0 Å². The van der Waals surface area contributed by atoms with Gasteiger partial charge in [0.25, 0.3) is 0 Å². The topological polar surface area (TPSA) is 146 Å². The van der Waals surface area contributed by atoms with Gasteiger partial charge in [-0.05, 0) is 0 Å².